The van der Waals surface area contributed by atoms with Crippen molar-refractivity contribution in [2.24, 2.45) is 5.92 Å². The van der Waals surface area contributed by atoms with E-state index in [1.165, 1.54) is 17.4 Å². The Kier molecular flexibility index (Phi) is 5.42. The van der Waals surface area contributed by atoms with Gasteiger partial charge in [-0.3, -0.25) is 9.59 Å². The summed E-state index contributed by atoms with van der Waals surface area (Å²) in [4.78, 5) is 23.8. The number of carbonyl (C=O) groups excluding carboxylic acids is 1. The number of nitrogens with one attached hydrogen (secondary N) is 1. The quantitative estimate of drug-likeness (QED) is 0.764. The molecule has 8 nitrogen and oxygen atoms in total. The highest BCUT2D eigenvalue weighted by molar-refractivity contribution is 7.89. The molecule has 0 radical (unpaired) electrons. The number of amides is 1. The average Bonchev–Trinajstić information content (AvgIpc) is 2.73. The highest BCUT2D eigenvalue weighted by Crippen LogP contribution is 2.37. The summed E-state index contributed by atoms with van der Waals surface area (Å²) in [5.74, 6) is 0.339. The van der Waals surface area contributed by atoms with E-state index in [9.17, 15) is 18.0 Å². The molecule has 1 aromatic carbocycles. The molecule has 1 fully saturated rings. The van der Waals surface area contributed by atoms with E-state index in [2.05, 4.69) is 5.32 Å². The number of pyridine rings is 1. The van der Waals surface area contributed by atoms with Crippen molar-refractivity contribution in [2.75, 3.05) is 26.7 Å². The molecule has 0 spiro atoms. The number of rotatable bonds is 5. The lowest BCUT2D eigenvalue weighted by atomic mass is 9.84. The summed E-state index contributed by atoms with van der Waals surface area (Å²) in [7, 11) is -2.16. The Labute approximate surface area is 175 Å². The van der Waals surface area contributed by atoms with Crippen LogP contribution in [-0.4, -0.2) is 49.9 Å². The van der Waals surface area contributed by atoms with Crippen molar-refractivity contribution < 1.29 is 17.9 Å². The molecule has 0 unspecified atom stereocenters. The number of hydrogen-bond donors (Lipinski definition) is 1. The minimum atomic E-state index is -3.68. The molecule has 2 bridgehead atoms. The minimum absolute atomic E-state index is 0.0115. The maximum absolute atomic E-state index is 13.3. The third-order valence-electron chi connectivity index (χ3n) is 5.87. The fourth-order valence-corrected chi connectivity index (χ4v) is 6.00. The maximum Gasteiger partial charge on any atom is 0.257 e. The summed E-state index contributed by atoms with van der Waals surface area (Å²) in [6, 6.07) is 9.89. The summed E-state index contributed by atoms with van der Waals surface area (Å²) < 4.78 is 35.4. The van der Waals surface area contributed by atoms with E-state index >= 15 is 0 Å². The van der Waals surface area contributed by atoms with Crippen molar-refractivity contribution in [3.63, 3.8) is 0 Å². The van der Waals surface area contributed by atoms with Crippen LogP contribution in [-0.2, 0) is 21.4 Å². The first-order valence-corrected chi connectivity index (χ1v) is 11.4. The molecular weight excluding hydrogens is 406 g/mol. The van der Waals surface area contributed by atoms with Crippen LogP contribution in [0.15, 0.2) is 46.1 Å². The molecule has 4 rings (SSSR count). The molecular formula is C21H25N3O5S. The van der Waals surface area contributed by atoms with Crippen LogP contribution in [0.4, 0.5) is 0 Å². The topological polar surface area (TPSA) is 97.7 Å². The van der Waals surface area contributed by atoms with E-state index in [0.717, 1.165) is 12.1 Å². The van der Waals surface area contributed by atoms with Gasteiger partial charge in [-0.05, 0) is 49.1 Å². The second-order valence-corrected chi connectivity index (χ2v) is 9.85. The van der Waals surface area contributed by atoms with Crippen molar-refractivity contribution in [1.29, 1.82) is 0 Å². The van der Waals surface area contributed by atoms with Crippen molar-refractivity contribution in [3.05, 3.63) is 58.0 Å². The predicted molar refractivity (Wildman–Crippen MR) is 111 cm³/mol. The summed E-state index contributed by atoms with van der Waals surface area (Å²) in [6.07, 6.45) is 0.890. The van der Waals surface area contributed by atoms with E-state index in [4.69, 9.17) is 4.74 Å². The van der Waals surface area contributed by atoms with Gasteiger partial charge in [0.1, 0.15) is 5.75 Å². The zero-order chi connectivity index (χ0) is 21.5. The Morgan fingerprint density at radius 2 is 2.00 bits per heavy atom. The van der Waals surface area contributed by atoms with E-state index in [0.29, 0.717) is 30.9 Å². The predicted octanol–water partition coefficient (Wildman–Crippen LogP) is 1.09. The first-order chi connectivity index (χ1) is 14.3. The highest BCUT2D eigenvalue weighted by atomic mass is 32.2. The molecule has 0 aliphatic carbocycles. The van der Waals surface area contributed by atoms with Crippen molar-refractivity contribution >= 4 is 15.9 Å². The summed E-state index contributed by atoms with van der Waals surface area (Å²) in [5.41, 5.74) is 1.53. The Morgan fingerprint density at radius 3 is 2.73 bits per heavy atom. The molecule has 160 valence electrons. The first kappa shape index (κ1) is 20.6. The fourth-order valence-electron chi connectivity index (χ4n) is 4.36. The Balaban J connectivity index is 1.57. The van der Waals surface area contributed by atoms with Gasteiger partial charge >= 0.3 is 0 Å². The SMILES string of the molecule is CNC(=O)COc1ccc(S(=O)(=O)N2C[C@H]3C[C@@H](C2)c2cccc(=O)n2C3)cc1C. The van der Waals surface area contributed by atoms with Gasteiger partial charge in [0.25, 0.3) is 11.5 Å². The number of piperidine rings is 1. The minimum Gasteiger partial charge on any atom is -0.484 e. The number of sulfonamides is 1. The van der Waals surface area contributed by atoms with Crippen LogP contribution in [0.5, 0.6) is 5.75 Å². The third kappa shape index (κ3) is 3.75. The van der Waals surface area contributed by atoms with E-state index in [-0.39, 0.29) is 34.8 Å². The second-order valence-electron chi connectivity index (χ2n) is 7.91. The maximum atomic E-state index is 13.3. The molecule has 1 amide bonds. The van der Waals surface area contributed by atoms with E-state index in [1.807, 2.05) is 6.07 Å². The molecule has 1 N–H and O–H groups in total. The molecule has 1 saturated heterocycles. The number of aromatic nitrogens is 1. The van der Waals surface area contributed by atoms with Crippen LogP contribution in [0, 0.1) is 12.8 Å². The third-order valence-corrected chi connectivity index (χ3v) is 7.70. The Bertz CT molecular complexity index is 1140. The van der Waals surface area contributed by atoms with Gasteiger partial charge < -0.3 is 14.6 Å². The number of likely N-dealkylation sites (N-methyl/N-ethyl adjacent to an activating group) is 1. The largest absolute Gasteiger partial charge is 0.484 e. The van der Waals surface area contributed by atoms with Gasteiger partial charge in [-0.25, -0.2) is 8.42 Å². The number of fused-ring (bicyclic) bond motifs is 4. The molecule has 2 aliphatic heterocycles. The van der Waals surface area contributed by atoms with Crippen molar-refractivity contribution in [2.45, 2.75) is 30.7 Å². The highest BCUT2D eigenvalue weighted by Gasteiger charge is 2.39. The van der Waals surface area contributed by atoms with Crippen LogP contribution in [0.1, 0.15) is 23.6 Å². The van der Waals surface area contributed by atoms with Crippen molar-refractivity contribution in [3.8, 4) is 5.75 Å². The summed E-state index contributed by atoms with van der Waals surface area (Å²) in [6.45, 7) is 2.93. The zero-order valence-electron chi connectivity index (χ0n) is 17.0. The molecule has 2 aromatic rings. The lowest BCUT2D eigenvalue weighted by molar-refractivity contribution is -0.122. The standard InChI is InChI=1S/C21H25N3O5S/c1-14-8-17(6-7-19(14)29-13-20(25)22-2)30(27,28)23-10-15-9-16(12-23)18-4-3-5-21(26)24(18)11-15/h3-8,15-16H,9-13H2,1-2H3,(H,22,25)/t15-,16+/m1/s1. The molecule has 2 aliphatic rings. The lowest BCUT2D eigenvalue weighted by Gasteiger charge is -2.42. The normalized spacial score (nSPS) is 21.0. The molecule has 0 saturated carbocycles. The zero-order valence-corrected chi connectivity index (χ0v) is 17.8. The van der Waals surface area contributed by atoms with Crippen LogP contribution < -0.4 is 15.6 Å². The van der Waals surface area contributed by atoms with Gasteiger partial charge in [0, 0.05) is 44.4 Å². The monoisotopic (exact) mass is 431 g/mol. The summed E-state index contributed by atoms with van der Waals surface area (Å²) in [5, 5.41) is 2.48. The lowest BCUT2D eigenvalue weighted by Crippen LogP contribution is -2.49. The van der Waals surface area contributed by atoms with Crippen molar-refractivity contribution in [1.82, 2.24) is 14.2 Å². The molecule has 9 heteroatoms. The summed E-state index contributed by atoms with van der Waals surface area (Å²) >= 11 is 0. The molecule has 1 aromatic heterocycles. The fraction of sp³-hybridized carbons (Fsp3) is 0.429. The van der Waals surface area contributed by atoms with Crippen LogP contribution in [0.3, 0.4) is 0 Å². The number of benzene rings is 1. The number of carbonyl (C=O) groups is 1. The van der Waals surface area contributed by atoms with Gasteiger partial charge in [0.15, 0.2) is 6.61 Å². The molecule has 30 heavy (non-hydrogen) atoms. The van der Waals surface area contributed by atoms with Crippen LogP contribution >= 0.6 is 0 Å². The smallest absolute Gasteiger partial charge is 0.257 e. The first-order valence-electron chi connectivity index (χ1n) is 9.93. The van der Waals surface area contributed by atoms with E-state index < -0.39 is 10.0 Å². The number of aryl methyl sites for hydroxylation is 1. The van der Waals surface area contributed by atoms with Gasteiger partial charge in [0.05, 0.1) is 4.90 Å². The number of ether oxygens (including phenoxy) is 1. The second kappa shape index (κ2) is 7.88. The van der Waals surface area contributed by atoms with Gasteiger partial charge in [-0.1, -0.05) is 6.07 Å². The number of hydrogen-bond acceptors (Lipinski definition) is 5. The molecule has 2 atom stereocenters. The van der Waals surface area contributed by atoms with Crippen LogP contribution in [0.25, 0.3) is 0 Å². The van der Waals surface area contributed by atoms with Gasteiger partial charge in [0.2, 0.25) is 10.0 Å². The Morgan fingerprint density at radius 1 is 1.20 bits per heavy atom. The Hall–Kier alpha value is -2.65. The van der Waals surface area contributed by atoms with Gasteiger partial charge in [-0.2, -0.15) is 4.31 Å². The number of nitrogens with zero attached hydrogens (tertiary/aromatic N) is 2. The average molecular weight is 432 g/mol. The van der Waals surface area contributed by atoms with E-state index in [1.54, 1.807) is 35.8 Å². The van der Waals surface area contributed by atoms with Crippen LogP contribution in [0.2, 0.25) is 0 Å². The molecule has 3 heterocycles. The van der Waals surface area contributed by atoms with Gasteiger partial charge in [-0.15, -0.1) is 0 Å².